The lowest BCUT2D eigenvalue weighted by atomic mass is 9.83. The minimum Gasteiger partial charge on any atom is -0.448 e. The summed E-state index contributed by atoms with van der Waals surface area (Å²) < 4.78 is 5.56. The molecule has 110 valence electrons. The molecule has 1 rings (SSSR count). The Morgan fingerprint density at radius 1 is 1.26 bits per heavy atom. The zero-order chi connectivity index (χ0) is 14.5. The highest BCUT2D eigenvalue weighted by Crippen LogP contribution is 2.27. The molecule has 0 aromatic carbocycles. The van der Waals surface area contributed by atoms with E-state index in [1.54, 1.807) is 6.39 Å². The van der Waals surface area contributed by atoms with Crippen molar-refractivity contribution in [2.45, 2.75) is 60.9 Å². The Kier molecular flexibility index (Phi) is 6.05. The fraction of sp³-hybridized carbons (Fsp3) is 0.812. The van der Waals surface area contributed by atoms with Gasteiger partial charge in [0.2, 0.25) is 0 Å². The maximum Gasteiger partial charge on any atom is 0.181 e. The van der Waals surface area contributed by atoms with E-state index in [2.05, 4.69) is 51.8 Å². The van der Waals surface area contributed by atoms with Gasteiger partial charge in [-0.3, -0.25) is 0 Å². The summed E-state index contributed by atoms with van der Waals surface area (Å²) in [5.74, 6) is 2.33. The van der Waals surface area contributed by atoms with Crippen LogP contribution in [0.25, 0.3) is 0 Å². The fourth-order valence-electron chi connectivity index (χ4n) is 2.52. The van der Waals surface area contributed by atoms with Crippen molar-refractivity contribution in [1.82, 2.24) is 10.3 Å². The van der Waals surface area contributed by atoms with E-state index in [1.807, 2.05) is 0 Å². The highest BCUT2D eigenvalue weighted by Gasteiger charge is 2.18. The summed E-state index contributed by atoms with van der Waals surface area (Å²) in [4.78, 5) is 4.33. The second kappa shape index (κ2) is 7.09. The lowest BCUT2D eigenvalue weighted by molar-refractivity contribution is 0.295. The summed E-state index contributed by atoms with van der Waals surface area (Å²) in [5.41, 5.74) is 1.44. The van der Waals surface area contributed by atoms with Crippen molar-refractivity contribution < 1.29 is 4.42 Å². The number of nitrogens with zero attached hydrogens (tertiary/aromatic N) is 1. The molecule has 1 heterocycles. The predicted octanol–water partition coefficient (Wildman–Crippen LogP) is 4.04. The third-order valence-corrected chi connectivity index (χ3v) is 3.07. The Balaban J connectivity index is 2.48. The predicted molar refractivity (Wildman–Crippen MR) is 80.0 cm³/mol. The maximum absolute atomic E-state index is 5.56. The standard InChI is InChI=1S/C16H30N2O/c1-12(2)9-17-10-14-15(19-11-18-14)7-13(3)8-16(4,5)6/h11-13,17H,7-10H2,1-6H3. The number of rotatable bonds is 7. The highest BCUT2D eigenvalue weighted by atomic mass is 16.3. The van der Waals surface area contributed by atoms with Crippen LogP contribution >= 0.6 is 0 Å². The molecule has 0 saturated carbocycles. The molecule has 1 aromatic heterocycles. The van der Waals surface area contributed by atoms with E-state index in [4.69, 9.17) is 4.42 Å². The van der Waals surface area contributed by atoms with Crippen LogP contribution in [-0.2, 0) is 13.0 Å². The molecule has 19 heavy (non-hydrogen) atoms. The number of hydrogen-bond donors (Lipinski definition) is 1. The Morgan fingerprint density at radius 3 is 2.53 bits per heavy atom. The van der Waals surface area contributed by atoms with Gasteiger partial charge in [-0.05, 0) is 30.2 Å². The molecule has 0 aliphatic carbocycles. The molecule has 0 bridgehead atoms. The van der Waals surface area contributed by atoms with Gasteiger partial charge in [-0.2, -0.15) is 0 Å². The monoisotopic (exact) mass is 266 g/mol. The van der Waals surface area contributed by atoms with Crippen LogP contribution in [0.3, 0.4) is 0 Å². The lowest BCUT2D eigenvalue weighted by Gasteiger charge is -2.22. The number of aromatic nitrogens is 1. The van der Waals surface area contributed by atoms with Crippen LogP contribution in [-0.4, -0.2) is 11.5 Å². The molecule has 0 saturated heterocycles. The van der Waals surface area contributed by atoms with Gasteiger partial charge >= 0.3 is 0 Å². The lowest BCUT2D eigenvalue weighted by Crippen LogP contribution is -2.20. The minimum absolute atomic E-state index is 0.371. The van der Waals surface area contributed by atoms with Crippen molar-refractivity contribution in [3.05, 3.63) is 17.8 Å². The summed E-state index contributed by atoms with van der Waals surface area (Å²) in [6.07, 6.45) is 3.76. The van der Waals surface area contributed by atoms with Gasteiger partial charge in [0.15, 0.2) is 6.39 Å². The number of nitrogens with one attached hydrogen (secondary N) is 1. The molecule has 0 fully saturated rings. The van der Waals surface area contributed by atoms with Crippen molar-refractivity contribution in [2.24, 2.45) is 17.3 Å². The first-order valence-corrected chi connectivity index (χ1v) is 7.40. The van der Waals surface area contributed by atoms with Gasteiger partial charge in [0, 0.05) is 13.0 Å². The Morgan fingerprint density at radius 2 is 1.95 bits per heavy atom. The summed E-state index contributed by atoms with van der Waals surface area (Å²) >= 11 is 0. The van der Waals surface area contributed by atoms with Gasteiger partial charge in [-0.1, -0.05) is 41.5 Å². The van der Waals surface area contributed by atoms with E-state index < -0.39 is 0 Å². The summed E-state index contributed by atoms with van der Waals surface area (Å²) in [5, 5.41) is 3.43. The van der Waals surface area contributed by atoms with E-state index in [-0.39, 0.29) is 0 Å². The van der Waals surface area contributed by atoms with Gasteiger partial charge < -0.3 is 9.73 Å². The topological polar surface area (TPSA) is 38.1 Å². The average Bonchev–Trinajstić information content (AvgIpc) is 2.62. The zero-order valence-electron chi connectivity index (χ0n) is 13.4. The minimum atomic E-state index is 0.371. The van der Waals surface area contributed by atoms with E-state index in [9.17, 15) is 0 Å². The average molecular weight is 266 g/mol. The maximum atomic E-state index is 5.56. The second-order valence-electron chi connectivity index (χ2n) is 7.32. The fourth-order valence-corrected chi connectivity index (χ4v) is 2.52. The number of oxazole rings is 1. The Bertz CT molecular complexity index is 363. The van der Waals surface area contributed by atoms with E-state index in [0.717, 1.165) is 31.0 Å². The van der Waals surface area contributed by atoms with Crippen LogP contribution in [0.15, 0.2) is 10.8 Å². The molecule has 1 N–H and O–H groups in total. The molecule has 0 amide bonds. The molecule has 0 aliphatic rings. The first kappa shape index (κ1) is 16.2. The van der Waals surface area contributed by atoms with Gasteiger partial charge in [-0.15, -0.1) is 0 Å². The molecule has 0 aliphatic heterocycles. The summed E-state index contributed by atoms with van der Waals surface area (Å²) in [6, 6.07) is 0. The molecular formula is C16H30N2O. The van der Waals surface area contributed by atoms with Crippen LogP contribution < -0.4 is 5.32 Å². The molecule has 1 aromatic rings. The van der Waals surface area contributed by atoms with Gasteiger partial charge in [0.05, 0.1) is 5.69 Å². The van der Waals surface area contributed by atoms with Crippen LogP contribution in [0.4, 0.5) is 0 Å². The van der Waals surface area contributed by atoms with Crippen molar-refractivity contribution >= 4 is 0 Å². The molecule has 0 spiro atoms. The Labute approximate surface area is 118 Å². The van der Waals surface area contributed by atoms with Gasteiger partial charge in [0.1, 0.15) is 5.76 Å². The van der Waals surface area contributed by atoms with Crippen molar-refractivity contribution in [3.8, 4) is 0 Å². The van der Waals surface area contributed by atoms with Crippen molar-refractivity contribution in [3.63, 3.8) is 0 Å². The first-order valence-electron chi connectivity index (χ1n) is 7.40. The highest BCUT2D eigenvalue weighted by molar-refractivity contribution is 5.07. The van der Waals surface area contributed by atoms with Crippen LogP contribution in [0, 0.1) is 17.3 Å². The SMILES string of the molecule is CC(C)CNCc1ncoc1CC(C)CC(C)(C)C. The largest absolute Gasteiger partial charge is 0.448 e. The summed E-state index contributed by atoms with van der Waals surface area (Å²) in [7, 11) is 0. The van der Waals surface area contributed by atoms with E-state index in [1.165, 1.54) is 6.42 Å². The number of hydrogen-bond acceptors (Lipinski definition) is 3. The second-order valence-corrected chi connectivity index (χ2v) is 7.32. The molecule has 3 nitrogen and oxygen atoms in total. The van der Waals surface area contributed by atoms with Crippen LogP contribution in [0.1, 0.15) is 59.4 Å². The third-order valence-electron chi connectivity index (χ3n) is 3.07. The zero-order valence-corrected chi connectivity index (χ0v) is 13.4. The molecule has 3 heteroatoms. The van der Waals surface area contributed by atoms with Crippen molar-refractivity contribution in [2.75, 3.05) is 6.54 Å². The summed E-state index contributed by atoms with van der Waals surface area (Å²) in [6.45, 7) is 15.4. The molecular weight excluding hydrogens is 236 g/mol. The quantitative estimate of drug-likeness (QED) is 0.809. The van der Waals surface area contributed by atoms with Crippen LogP contribution in [0.2, 0.25) is 0 Å². The molecule has 1 unspecified atom stereocenters. The van der Waals surface area contributed by atoms with Gasteiger partial charge in [-0.25, -0.2) is 4.98 Å². The van der Waals surface area contributed by atoms with Gasteiger partial charge in [0.25, 0.3) is 0 Å². The molecule has 0 radical (unpaired) electrons. The Hall–Kier alpha value is -0.830. The van der Waals surface area contributed by atoms with E-state index >= 15 is 0 Å². The first-order chi connectivity index (χ1) is 8.78. The third kappa shape index (κ3) is 6.76. The van der Waals surface area contributed by atoms with E-state index in [0.29, 0.717) is 17.3 Å². The normalized spacial score (nSPS) is 14.1. The smallest absolute Gasteiger partial charge is 0.181 e. The van der Waals surface area contributed by atoms with Crippen LogP contribution in [0.5, 0.6) is 0 Å². The molecule has 1 atom stereocenters. The van der Waals surface area contributed by atoms with Crippen molar-refractivity contribution in [1.29, 1.82) is 0 Å².